The summed E-state index contributed by atoms with van der Waals surface area (Å²) < 4.78 is 5.81. The smallest absolute Gasteiger partial charge is 0.122 e. The summed E-state index contributed by atoms with van der Waals surface area (Å²) in [5.41, 5.74) is 7.16. The highest BCUT2D eigenvalue weighted by Gasteiger charge is 2.42. The van der Waals surface area contributed by atoms with E-state index in [1.807, 2.05) is 42.5 Å². The Bertz CT molecular complexity index is 588. The molecular weight excluding hydrogens is 252 g/mol. The number of aromatic nitrogens is 1. The van der Waals surface area contributed by atoms with Crippen molar-refractivity contribution in [3.05, 3.63) is 59.9 Å². The van der Waals surface area contributed by atoms with Crippen LogP contribution >= 0.6 is 0 Å². The Morgan fingerprint density at radius 1 is 1.25 bits per heavy atom. The molecule has 1 aromatic heterocycles. The number of ether oxygens (including phenoxy) is 1. The monoisotopic (exact) mass is 270 g/mol. The van der Waals surface area contributed by atoms with E-state index in [9.17, 15) is 5.11 Å². The van der Waals surface area contributed by atoms with Crippen molar-refractivity contribution in [3.63, 3.8) is 0 Å². The number of hydrogen-bond donors (Lipinski definition) is 2. The van der Waals surface area contributed by atoms with E-state index in [-0.39, 0.29) is 0 Å². The maximum atomic E-state index is 10.7. The fourth-order valence-electron chi connectivity index (χ4n) is 2.71. The van der Waals surface area contributed by atoms with Gasteiger partial charge in [-0.2, -0.15) is 0 Å². The molecule has 2 unspecified atom stereocenters. The van der Waals surface area contributed by atoms with Gasteiger partial charge in [-0.1, -0.05) is 24.3 Å². The summed E-state index contributed by atoms with van der Waals surface area (Å²) in [6.07, 6.45) is 1.64. The number of hydrogen-bond acceptors (Lipinski definition) is 4. The fraction of sp³-hybridized carbons (Fsp3) is 0.312. The molecule has 0 radical (unpaired) electrons. The minimum Gasteiger partial charge on any atom is -0.493 e. The molecule has 0 saturated carbocycles. The highest BCUT2D eigenvalue weighted by molar-refractivity contribution is 5.37. The first-order chi connectivity index (χ1) is 9.75. The summed E-state index contributed by atoms with van der Waals surface area (Å²) >= 11 is 0. The lowest BCUT2D eigenvalue weighted by Crippen LogP contribution is -2.46. The molecule has 0 amide bonds. The largest absolute Gasteiger partial charge is 0.493 e. The van der Waals surface area contributed by atoms with Gasteiger partial charge in [0.1, 0.15) is 11.9 Å². The number of pyridine rings is 1. The van der Waals surface area contributed by atoms with Crippen LogP contribution < -0.4 is 10.5 Å². The van der Waals surface area contributed by atoms with Gasteiger partial charge in [0.25, 0.3) is 0 Å². The molecule has 20 heavy (non-hydrogen) atoms. The van der Waals surface area contributed by atoms with Crippen LogP contribution in [0.5, 0.6) is 5.75 Å². The van der Waals surface area contributed by atoms with E-state index in [0.29, 0.717) is 25.3 Å². The fourth-order valence-corrected chi connectivity index (χ4v) is 2.71. The van der Waals surface area contributed by atoms with Crippen molar-refractivity contribution in [2.75, 3.05) is 13.2 Å². The van der Waals surface area contributed by atoms with Crippen LogP contribution in [0.2, 0.25) is 0 Å². The lowest BCUT2D eigenvalue weighted by atomic mass is 9.74. The Balaban J connectivity index is 1.94. The van der Waals surface area contributed by atoms with Gasteiger partial charge in [-0.15, -0.1) is 0 Å². The van der Waals surface area contributed by atoms with Gasteiger partial charge in [-0.3, -0.25) is 4.98 Å². The summed E-state index contributed by atoms with van der Waals surface area (Å²) in [4.78, 5) is 4.24. The molecule has 1 aromatic carbocycles. The van der Waals surface area contributed by atoms with Crippen molar-refractivity contribution in [2.24, 2.45) is 11.1 Å². The molecule has 0 bridgehead atoms. The Hall–Kier alpha value is -1.91. The number of benzene rings is 1. The molecule has 2 aromatic rings. The van der Waals surface area contributed by atoms with Crippen molar-refractivity contribution in [1.29, 1.82) is 0 Å². The third kappa shape index (κ3) is 2.17. The number of nitrogens with zero attached hydrogens (tertiary/aromatic N) is 1. The van der Waals surface area contributed by atoms with Crippen LogP contribution in [0.3, 0.4) is 0 Å². The van der Waals surface area contributed by atoms with Gasteiger partial charge in [0.15, 0.2) is 0 Å². The number of aliphatic hydroxyl groups is 1. The van der Waals surface area contributed by atoms with Crippen molar-refractivity contribution < 1.29 is 9.84 Å². The summed E-state index contributed by atoms with van der Waals surface area (Å²) in [5, 5.41) is 10.7. The first-order valence-electron chi connectivity index (χ1n) is 6.75. The lowest BCUT2D eigenvalue weighted by Gasteiger charge is -2.40. The quantitative estimate of drug-likeness (QED) is 0.890. The Kier molecular flexibility index (Phi) is 3.42. The molecule has 3 N–H and O–H groups in total. The molecular formula is C16H18N2O2. The zero-order valence-corrected chi connectivity index (χ0v) is 11.2. The van der Waals surface area contributed by atoms with Crippen molar-refractivity contribution >= 4 is 0 Å². The molecule has 1 aliphatic rings. The van der Waals surface area contributed by atoms with Gasteiger partial charge in [-0.25, -0.2) is 0 Å². The molecule has 2 atom stereocenters. The zero-order valence-electron chi connectivity index (χ0n) is 11.2. The van der Waals surface area contributed by atoms with E-state index in [4.69, 9.17) is 10.5 Å². The van der Waals surface area contributed by atoms with Gasteiger partial charge in [0.05, 0.1) is 17.7 Å². The molecule has 4 nitrogen and oxygen atoms in total. The molecule has 4 heteroatoms. The zero-order chi connectivity index (χ0) is 14.0. The van der Waals surface area contributed by atoms with Crippen LogP contribution in [0.25, 0.3) is 0 Å². The Labute approximate surface area is 118 Å². The maximum absolute atomic E-state index is 10.7. The summed E-state index contributed by atoms with van der Waals surface area (Å²) in [7, 11) is 0. The molecule has 3 rings (SSSR count). The molecule has 0 spiro atoms. The number of fused-ring (bicyclic) bond motifs is 1. The SMILES string of the molecule is NCC1(C(O)c2ccccn2)COc2ccccc2C1. The number of para-hydroxylation sites is 1. The molecule has 0 saturated heterocycles. The average Bonchev–Trinajstić information content (AvgIpc) is 2.54. The van der Waals surface area contributed by atoms with Crippen LogP contribution in [0.1, 0.15) is 17.4 Å². The topological polar surface area (TPSA) is 68.4 Å². The number of aliphatic hydroxyl groups excluding tert-OH is 1. The average molecular weight is 270 g/mol. The highest BCUT2D eigenvalue weighted by atomic mass is 16.5. The van der Waals surface area contributed by atoms with E-state index >= 15 is 0 Å². The van der Waals surface area contributed by atoms with Crippen LogP contribution in [-0.2, 0) is 6.42 Å². The first-order valence-corrected chi connectivity index (χ1v) is 6.75. The second-order valence-corrected chi connectivity index (χ2v) is 5.30. The van der Waals surface area contributed by atoms with Gasteiger partial charge in [0.2, 0.25) is 0 Å². The van der Waals surface area contributed by atoms with Crippen molar-refractivity contribution in [3.8, 4) is 5.75 Å². The molecule has 0 aliphatic carbocycles. The second-order valence-electron chi connectivity index (χ2n) is 5.30. The standard InChI is InChI=1S/C16H18N2O2/c17-10-16(15(19)13-6-3-4-8-18-13)9-12-5-1-2-7-14(12)20-11-16/h1-8,15,19H,9-11,17H2. The van der Waals surface area contributed by atoms with Crippen molar-refractivity contribution in [2.45, 2.75) is 12.5 Å². The lowest BCUT2D eigenvalue weighted by molar-refractivity contribution is -0.0185. The van der Waals surface area contributed by atoms with Crippen LogP contribution in [0.4, 0.5) is 0 Å². The third-order valence-corrected chi connectivity index (χ3v) is 3.98. The van der Waals surface area contributed by atoms with Gasteiger partial charge >= 0.3 is 0 Å². The third-order valence-electron chi connectivity index (χ3n) is 3.98. The molecule has 104 valence electrons. The second kappa shape index (κ2) is 5.23. The summed E-state index contributed by atoms with van der Waals surface area (Å²) in [6.45, 7) is 0.747. The van der Waals surface area contributed by atoms with Gasteiger partial charge in [-0.05, 0) is 30.2 Å². The highest BCUT2D eigenvalue weighted by Crippen LogP contribution is 2.41. The van der Waals surface area contributed by atoms with Crippen LogP contribution in [0, 0.1) is 5.41 Å². The van der Waals surface area contributed by atoms with Crippen LogP contribution in [0.15, 0.2) is 48.7 Å². The molecule has 1 aliphatic heterocycles. The number of rotatable bonds is 3. The van der Waals surface area contributed by atoms with Gasteiger partial charge in [0, 0.05) is 12.7 Å². The molecule has 0 fully saturated rings. The summed E-state index contributed by atoms with van der Waals surface area (Å²) in [6, 6.07) is 13.4. The van der Waals surface area contributed by atoms with E-state index in [2.05, 4.69) is 4.98 Å². The Morgan fingerprint density at radius 3 is 2.80 bits per heavy atom. The number of nitrogens with two attached hydrogens (primary N) is 1. The van der Waals surface area contributed by atoms with Crippen LogP contribution in [-0.4, -0.2) is 23.2 Å². The van der Waals surface area contributed by atoms with Crippen molar-refractivity contribution in [1.82, 2.24) is 4.98 Å². The minimum atomic E-state index is -0.734. The van der Waals surface area contributed by atoms with E-state index in [1.165, 1.54) is 0 Å². The predicted molar refractivity (Wildman–Crippen MR) is 76.3 cm³/mol. The first kappa shape index (κ1) is 13.1. The molecule has 2 heterocycles. The normalized spacial score (nSPS) is 22.7. The Morgan fingerprint density at radius 2 is 2.05 bits per heavy atom. The van der Waals surface area contributed by atoms with E-state index < -0.39 is 11.5 Å². The minimum absolute atomic E-state index is 0.346. The summed E-state index contributed by atoms with van der Waals surface area (Å²) in [5.74, 6) is 0.879. The predicted octanol–water partition coefficient (Wildman–Crippen LogP) is 1.70. The maximum Gasteiger partial charge on any atom is 0.122 e. The van der Waals surface area contributed by atoms with E-state index in [0.717, 1.165) is 11.3 Å². The van der Waals surface area contributed by atoms with Gasteiger partial charge < -0.3 is 15.6 Å². The van der Waals surface area contributed by atoms with E-state index in [1.54, 1.807) is 6.20 Å².